The number of sulfonamides is 1. The number of carboxylic acids is 1. The summed E-state index contributed by atoms with van der Waals surface area (Å²) in [6.45, 7) is 6.17. The van der Waals surface area contributed by atoms with Crippen LogP contribution in [0.4, 0.5) is 0 Å². The van der Waals surface area contributed by atoms with E-state index in [-0.39, 0.29) is 11.6 Å². The van der Waals surface area contributed by atoms with Crippen LogP contribution in [-0.2, 0) is 21.4 Å². The van der Waals surface area contributed by atoms with Crippen molar-refractivity contribution >= 4 is 16.0 Å². The summed E-state index contributed by atoms with van der Waals surface area (Å²) in [6, 6.07) is 0. The Balaban J connectivity index is 2.81. The van der Waals surface area contributed by atoms with Gasteiger partial charge in [0.05, 0.1) is 5.92 Å². The summed E-state index contributed by atoms with van der Waals surface area (Å²) < 4.78 is 28.4. The summed E-state index contributed by atoms with van der Waals surface area (Å²) in [5.41, 5.74) is 0. The SMILES string of the molecule is CCCC(CNS(=O)(=O)c1cn(CCC)c(C)n1)C(=O)O. The molecule has 1 aromatic heterocycles. The van der Waals surface area contributed by atoms with E-state index < -0.39 is 21.9 Å². The number of hydrogen-bond donors (Lipinski definition) is 2. The van der Waals surface area contributed by atoms with Crippen LogP contribution in [0.5, 0.6) is 0 Å². The van der Waals surface area contributed by atoms with Crippen LogP contribution in [0.3, 0.4) is 0 Å². The Bertz CT molecular complexity index is 580. The fraction of sp³-hybridized carbons (Fsp3) is 0.692. The largest absolute Gasteiger partial charge is 0.481 e. The molecule has 1 rings (SSSR count). The van der Waals surface area contributed by atoms with Crippen molar-refractivity contribution in [3.8, 4) is 0 Å². The minimum Gasteiger partial charge on any atom is -0.481 e. The number of imidazole rings is 1. The van der Waals surface area contributed by atoms with Crippen LogP contribution in [0.1, 0.15) is 38.9 Å². The lowest BCUT2D eigenvalue weighted by Gasteiger charge is -2.11. The van der Waals surface area contributed by atoms with Gasteiger partial charge in [-0.15, -0.1) is 0 Å². The molecule has 0 saturated heterocycles. The number of aromatic nitrogens is 2. The summed E-state index contributed by atoms with van der Waals surface area (Å²) in [5.74, 6) is -1.09. The predicted octanol–water partition coefficient (Wildman–Crippen LogP) is 1.38. The molecule has 8 heteroatoms. The van der Waals surface area contributed by atoms with Crippen molar-refractivity contribution < 1.29 is 18.3 Å². The quantitative estimate of drug-likeness (QED) is 0.716. The van der Waals surface area contributed by atoms with Gasteiger partial charge in [0.25, 0.3) is 10.0 Å². The molecule has 0 aliphatic rings. The lowest BCUT2D eigenvalue weighted by Crippen LogP contribution is -2.33. The molecule has 0 fully saturated rings. The molecule has 0 aliphatic carbocycles. The van der Waals surface area contributed by atoms with Gasteiger partial charge >= 0.3 is 5.97 Å². The van der Waals surface area contributed by atoms with E-state index in [4.69, 9.17) is 5.11 Å². The third-order valence-corrected chi connectivity index (χ3v) is 4.49. The molecule has 0 amide bonds. The van der Waals surface area contributed by atoms with E-state index in [1.165, 1.54) is 6.20 Å². The molecule has 0 bridgehead atoms. The Hall–Kier alpha value is -1.41. The molecule has 1 aromatic rings. The van der Waals surface area contributed by atoms with Gasteiger partial charge < -0.3 is 9.67 Å². The zero-order valence-electron chi connectivity index (χ0n) is 12.7. The van der Waals surface area contributed by atoms with Crippen molar-refractivity contribution in [1.29, 1.82) is 0 Å². The van der Waals surface area contributed by atoms with Crippen molar-refractivity contribution in [3.05, 3.63) is 12.0 Å². The Kier molecular flexibility index (Phi) is 6.35. The monoisotopic (exact) mass is 317 g/mol. The Labute approximate surface area is 125 Å². The molecule has 7 nitrogen and oxygen atoms in total. The number of nitrogens with zero attached hydrogens (tertiary/aromatic N) is 2. The smallest absolute Gasteiger partial charge is 0.307 e. The first-order valence-corrected chi connectivity index (χ1v) is 8.56. The van der Waals surface area contributed by atoms with E-state index in [0.717, 1.165) is 6.42 Å². The molecule has 0 radical (unpaired) electrons. The minimum atomic E-state index is -3.77. The number of aryl methyl sites for hydroxylation is 2. The number of carboxylic acid groups (broad SMARTS) is 1. The number of carbonyl (C=O) groups is 1. The Morgan fingerprint density at radius 1 is 1.43 bits per heavy atom. The Morgan fingerprint density at radius 3 is 2.62 bits per heavy atom. The van der Waals surface area contributed by atoms with E-state index >= 15 is 0 Å². The average molecular weight is 317 g/mol. The highest BCUT2D eigenvalue weighted by Crippen LogP contribution is 2.11. The molecule has 0 aliphatic heterocycles. The van der Waals surface area contributed by atoms with Crippen LogP contribution in [-0.4, -0.2) is 35.6 Å². The normalized spacial score (nSPS) is 13.3. The second kappa shape index (κ2) is 7.56. The highest BCUT2D eigenvalue weighted by Gasteiger charge is 2.23. The summed E-state index contributed by atoms with van der Waals surface area (Å²) in [5, 5.41) is 8.97. The van der Waals surface area contributed by atoms with Crippen LogP contribution in [0.15, 0.2) is 11.2 Å². The molecular weight excluding hydrogens is 294 g/mol. The predicted molar refractivity (Wildman–Crippen MR) is 78.5 cm³/mol. The summed E-state index contributed by atoms with van der Waals surface area (Å²) in [7, 11) is -3.77. The van der Waals surface area contributed by atoms with E-state index in [9.17, 15) is 13.2 Å². The Morgan fingerprint density at radius 2 is 2.10 bits per heavy atom. The zero-order valence-corrected chi connectivity index (χ0v) is 13.5. The van der Waals surface area contributed by atoms with Crippen molar-refractivity contribution in [2.75, 3.05) is 6.54 Å². The van der Waals surface area contributed by atoms with Gasteiger partial charge in [0.15, 0.2) is 5.03 Å². The number of nitrogens with one attached hydrogen (secondary N) is 1. The lowest BCUT2D eigenvalue weighted by atomic mass is 10.1. The molecule has 1 heterocycles. The zero-order chi connectivity index (χ0) is 16.0. The summed E-state index contributed by atoms with van der Waals surface area (Å²) in [6.07, 6.45) is 3.47. The molecule has 1 unspecified atom stereocenters. The van der Waals surface area contributed by atoms with Crippen LogP contribution in [0.25, 0.3) is 0 Å². The molecule has 0 spiro atoms. The number of hydrogen-bond acceptors (Lipinski definition) is 4. The van der Waals surface area contributed by atoms with Gasteiger partial charge in [-0.3, -0.25) is 4.79 Å². The van der Waals surface area contributed by atoms with Crippen molar-refractivity contribution in [2.24, 2.45) is 5.92 Å². The molecule has 1 atom stereocenters. The molecule has 2 N–H and O–H groups in total. The standard InChI is InChI=1S/C13H23N3O4S/c1-4-6-11(13(17)18)8-14-21(19,20)12-9-16(7-5-2)10(3)15-12/h9,11,14H,4-8H2,1-3H3,(H,17,18). The van der Waals surface area contributed by atoms with E-state index in [2.05, 4.69) is 9.71 Å². The van der Waals surface area contributed by atoms with Crippen molar-refractivity contribution in [2.45, 2.75) is 51.6 Å². The second-order valence-corrected chi connectivity index (χ2v) is 6.71. The highest BCUT2D eigenvalue weighted by atomic mass is 32.2. The highest BCUT2D eigenvalue weighted by molar-refractivity contribution is 7.89. The van der Waals surface area contributed by atoms with Gasteiger partial charge in [0, 0.05) is 19.3 Å². The molecule has 0 aromatic carbocycles. The second-order valence-electron chi connectivity index (χ2n) is 5.00. The van der Waals surface area contributed by atoms with Gasteiger partial charge in [-0.2, -0.15) is 0 Å². The maximum Gasteiger partial charge on any atom is 0.307 e. The molecule has 120 valence electrons. The van der Waals surface area contributed by atoms with Crippen molar-refractivity contribution in [1.82, 2.24) is 14.3 Å². The molecule has 21 heavy (non-hydrogen) atoms. The van der Waals surface area contributed by atoms with Gasteiger partial charge in [0.1, 0.15) is 5.82 Å². The van der Waals surface area contributed by atoms with Gasteiger partial charge in [-0.05, 0) is 19.8 Å². The van der Waals surface area contributed by atoms with Gasteiger partial charge in [-0.1, -0.05) is 20.3 Å². The number of rotatable bonds is 9. The first-order valence-electron chi connectivity index (χ1n) is 7.08. The number of aliphatic carboxylic acids is 1. The maximum atomic E-state index is 12.2. The van der Waals surface area contributed by atoms with Gasteiger partial charge in [0.2, 0.25) is 0 Å². The topological polar surface area (TPSA) is 101 Å². The summed E-state index contributed by atoms with van der Waals surface area (Å²) in [4.78, 5) is 15.1. The first-order chi connectivity index (χ1) is 9.81. The van der Waals surface area contributed by atoms with Crippen molar-refractivity contribution in [3.63, 3.8) is 0 Å². The van der Waals surface area contributed by atoms with E-state index in [1.807, 2.05) is 13.8 Å². The lowest BCUT2D eigenvalue weighted by molar-refractivity contribution is -0.141. The van der Waals surface area contributed by atoms with Crippen LogP contribution in [0, 0.1) is 12.8 Å². The maximum absolute atomic E-state index is 12.2. The van der Waals surface area contributed by atoms with Gasteiger partial charge in [-0.25, -0.2) is 18.1 Å². The van der Waals surface area contributed by atoms with Crippen LogP contribution >= 0.6 is 0 Å². The van der Waals surface area contributed by atoms with E-state index in [1.54, 1.807) is 11.5 Å². The molecule has 0 saturated carbocycles. The molecular formula is C13H23N3O4S. The third-order valence-electron chi connectivity index (χ3n) is 3.20. The average Bonchev–Trinajstić information content (AvgIpc) is 2.77. The minimum absolute atomic E-state index is 0.0610. The fourth-order valence-electron chi connectivity index (χ4n) is 2.02. The summed E-state index contributed by atoms with van der Waals surface area (Å²) >= 11 is 0. The third kappa shape index (κ3) is 4.82. The van der Waals surface area contributed by atoms with Crippen LogP contribution in [0.2, 0.25) is 0 Å². The fourth-order valence-corrected chi connectivity index (χ4v) is 3.11. The first kappa shape index (κ1) is 17.6. The van der Waals surface area contributed by atoms with Crippen LogP contribution < -0.4 is 4.72 Å². The van der Waals surface area contributed by atoms with E-state index in [0.29, 0.717) is 25.2 Å².